The molecule has 0 saturated heterocycles. The Morgan fingerprint density at radius 1 is 0.850 bits per heavy atom. The second kappa shape index (κ2) is 4.65. The molecule has 4 aliphatic carbocycles. The molecule has 108 valence electrons. The van der Waals surface area contributed by atoms with Crippen LogP contribution >= 0.6 is 33.2 Å². The Morgan fingerprint density at radius 2 is 1.35 bits per heavy atom. The Balaban J connectivity index is 1.81. The zero-order valence-electron chi connectivity index (χ0n) is 11.4. The maximum Gasteiger partial charge on any atom is 0.373 e. The Hall–Kier alpha value is 0.307. The van der Waals surface area contributed by atoms with Gasteiger partial charge in [-0.2, -0.15) is 0 Å². The van der Waals surface area contributed by atoms with E-state index in [-0.39, 0.29) is 0 Å². The minimum atomic E-state index is -2.81. The molecule has 0 aromatic heterocycles. The zero-order valence-corrected chi connectivity index (χ0v) is 14.7. The highest BCUT2D eigenvalue weighted by Crippen LogP contribution is 2.60. The van der Waals surface area contributed by atoms with Crippen molar-refractivity contribution < 1.29 is 0 Å². The molecule has 0 unspecified atom stereocenters. The van der Waals surface area contributed by atoms with Crippen molar-refractivity contribution in [1.29, 1.82) is 0 Å². The van der Waals surface area contributed by atoms with E-state index in [1.165, 1.54) is 44.1 Å². The van der Waals surface area contributed by atoms with Crippen LogP contribution in [0.25, 0.3) is 0 Å². The maximum atomic E-state index is 6.37. The van der Waals surface area contributed by atoms with Crippen LogP contribution in [0.3, 0.4) is 0 Å². The third-order valence-corrected chi connectivity index (χ3v) is 8.72. The lowest BCUT2D eigenvalue weighted by Gasteiger charge is -2.57. The van der Waals surface area contributed by atoms with Gasteiger partial charge in [-0.1, -0.05) is 24.3 Å². The first kappa shape index (κ1) is 13.9. The van der Waals surface area contributed by atoms with Gasteiger partial charge in [0.2, 0.25) is 0 Å². The first-order valence-corrected chi connectivity index (χ1v) is 12.7. The summed E-state index contributed by atoms with van der Waals surface area (Å²) >= 11 is 19.1. The second-order valence-electron chi connectivity index (χ2n) is 7.24. The van der Waals surface area contributed by atoms with E-state index in [1.807, 2.05) is 6.07 Å². The van der Waals surface area contributed by atoms with Crippen molar-refractivity contribution >= 4 is 44.4 Å². The summed E-state index contributed by atoms with van der Waals surface area (Å²) in [5.74, 6) is 2.77. The number of rotatable bonds is 2. The standard InChI is InChI=1S/C16H19Cl3Si/c17-20(18,19)15-4-2-1-3-14(15)16-8-11-5-12(9-16)7-13(6-11)10-16/h1-4,11-13H,5-10H2. The van der Waals surface area contributed by atoms with E-state index in [4.69, 9.17) is 33.2 Å². The Morgan fingerprint density at radius 3 is 1.85 bits per heavy atom. The summed E-state index contributed by atoms with van der Waals surface area (Å²) in [4.78, 5) is 0. The molecule has 0 atom stereocenters. The van der Waals surface area contributed by atoms with E-state index < -0.39 is 6.00 Å². The van der Waals surface area contributed by atoms with E-state index in [2.05, 4.69) is 18.2 Å². The van der Waals surface area contributed by atoms with Crippen LogP contribution in [0.2, 0.25) is 0 Å². The van der Waals surface area contributed by atoms with Gasteiger partial charge in [-0.15, -0.1) is 33.2 Å². The lowest BCUT2D eigenvalue weighted by Crippen LogP contribution is -2.52. The van der Waals surface area contributed by atoms with Crippen molar-refractivity contribution in [2.24, 2.45) is 17.8 Å². The first-order valence-electron chi connectivity index (χ1n) is 7.63. The molecule has 0 aliphatic heterocycles. The van der Waals surface area contributed by atoms with Gasteiger partial charge in [0.15, 0.2) is 0 Å². The third kappa shape index (κ3) is 2.17. The normalized spacial score (nSPS) is 39.2. The van der Waals surface area contributed by atoms with Gasteiger partial charge in [-0.05, 0) is 72.4 Å². The SMILES string of the molecule is Cl[Si](Cl)(Cl)c1ccccc1C12CC3CC(CC(C3)C1)C2. The van der Waals surface area contributed by atoms with E-state index in [9.17, 15) is 0 Å². The Kier molecular flexibility index (Phi) is 3.24. The third-order valence-electron chi connectivity index (χ3n) is 5.84. The van der Waals surface area contributed by atoms with Crippen LogP contribution in [-0.2, 0) is 5.41 Å². The fraction of sp³-hybridized carbons (Fsp3) is 0.625. The summed E-state index contributed by atoms with van der Waals surface area (Å²) in [6.45, 7) is 0. The van der Waals surface area contributed by atoms with Crippen molar-refractivity contribution in [3.63, 3.8) is 0 Å². The maximum absolute atomic E-state index is 6.37. The quantitative estimate of drug-likeness (QED) is 0.521. The van der Waals surface area contributed by atoms with Gasteiger partial charge in [0.25, 0.3) is 0 Å². The molecule has 0 radical (unpaired) electrons. The summed E-state index contributed by atoms with van der Waals surface area (Å²) in [6.07, 6.45) is 8.33. The van der Waals surface area contributed by atoms with Gasteiger partial charge in [-0.3, -0.25) is 0 Å². The van der Waals surface area contributed by atoms with Crippen molar-refractivity contribution in [1.82, 2.24) is 0 Å². The summed E-state index contributed by atoms with van der Waals surface area (Å²) in [5.41, 5.74) is 1.70. The summed E-state index contributed by atoms with van der Waals surface area (Å²) in [7, 11) is 0. The molecule has 4 saturated carbocycles. The molecular weight excluding hydrogens is 327 g/mol. The topological polar surface area (TPSA) is 0 Å². The largest absolute Gasteiger partial charge is 0.373 e. The summed E-state index contributed by atoms with van der Waals surface area (Å²) < 4.78 is 0. The highest BCUT2D eigenvalue weighted by atomic mass is 35.8. The second-order valence-corrected chi connectivity index (χ2v) is 15.6. The molecule has 20 heavy (non-hydrogen) atoms. The van der Waals surface area contributed by atoms with Gasteiger partial charge < -0.3 is 0 Å². The molecule has 5 rings (SSSR count). The summed E-state index contributed by atoms with van der Waals surface area (Å²) in [6, 6.07) is 5.65. The fourth-order valence-corrected chi connectivity index (χ4v) is 8.06. The Labute approximate surface area is 135 Å². The molecule has 4 fully saturated rings. The highest BCUT2D eigenvalue weighted by molar-refractivity contribution is 7.69. The van der Waals surface area contributed by atoms with Crippen molar-refractivity contribution in [3.8, 4) is 0 Å². The van der Waals surface area contributed by atoms with E-state index in [0.717, 1.165) is 22.9 Å². The van der Waals surface area contributed by atoms with Gasteiger partial charge >= 0.3 is 6.00 Å². The molecule has 0 heterocycles. The minimum Gasteiger partial charge on any atom is -0.121 e. The Bertz CT molecular complexity index is 499. The number of hydrogen-bond donors (Lipinski definition) is 0. The zero-order chi connectivity index (χ0) is 14.0. The molecule has 4 aliphatic rings. The number of hydrogen-bond acceptors (Lipinski definition) is 0. The molecule has 1 aromatic rings. The average Bonchev–Trinajstić information content (AvgIpc) is 2.36. The highest BCUT2D eigenvalue weighted by Gasteiger charge is 2.53. The van der Waals surface area contributed by atoms with Crippen molar-refractivity contribution in [3.05, 3.63) is 29.8 Å². The van der Waals surface area contributed by atoms with Gasteiger partial charge in [0.05, 0.1) is 0 Å². The van der Waals surface area contributed by atoms with E-state index in [1.54, 1.807) is 0 Å². The predicted molar refractivity (Wildman–Crippen MR) is 89.2 cm³/mol. The molecule has 0 spiro atoms. The molecule has 0 amide bonds. The molecule has 4 bridgehead atoms. The van der Waals surface area contributed by atoms with Crippen LogP contribution in [0, 0.1) is 17.8 Å². The van der Waals surface area contributed by atoms with Gasteiger partial charge in [0, 0.05) is 0 Å². The average molecular weight is 346 g/mol. The predicted octanol–water partition coefficient (Wildman–Crippen LogP) is 5.02. The van der Waals surface area contributed by atoms with Crippen LogP contribution in [0.1, 0.15) is 44.1 Å². The number of halogens is 3. The fourth-order valence-electron chi connectivity index (χ4n) is 5.63. The lowest BCUT2D eigenvalue weighted by molar-refractivity contribution is -0.00473. The monoisotopic (exact) mass is 344 g/mol. The smallest absolute Gasteiger partial charge is 0.121 e. The molecular formula is C16H19Cl3Si. The van der Waals surface area contributed by atoms with Crippen molar-refractivity contribution in [2.45, 2.75) is 43.9 Å². The lowest BCUT2D eigenvalue weighted by atomic mass is 9.48. The number of benzene rings is 1. The van der Waals surface area contributed by atoms with Gasteiger partial charge in [-0.25, -0.2) is 0 Å². The summed E-state index contributed by atoms with van der Waals surface area (Å²) in [5, 5.41) is 1.05. The molecule has 4 heteroatoms. The van der Waals surface area contributed by atoms with Crippen LogP contribution in [0.4, 0.5) is 0 Å². The van der Waals surface area contributed by atoms with Crippen LogP contribution in [0.5, 0.6) is 0 Å². The van der Waals surface area contributed by atoms with Crippen LogP contribution in [0.15, 0.2) is 24.3 Å². The minimum absolute atomic E-state index is 0.322. The molecule has 0 N–H and O–H groups in total. The molecule has 0 nitrogen and oxygen atoms in total. The first-order chi connectivity index (χ1) is 9.46. The van der Waals surface area contributed by atoms with Gasteiger partial charge in [0.1, 0.15) is 0 Å². The van der Waals surface area contributed by atoms with E-state index in [0.29, 0.717) is 5.41 Å². The molecule has 1 aromatic carbocycles. The van der Waals surface area contributed by atoms with E-state index >= 15 is 0 Å². The van der Waals surface area contributed by atoms with Crippen LogP contribution in [-0.4, -0.2) is 6.00 Å². The van der Waals surface area contributed by atoms with Crippen molar-refractivity contribution in [2.75, 3.05) is 0 Å². The van der Waals surface area contributed by atoms with Crippen LogP contribution < -0.4 is 5.19 Å².